The lowest BCUT2D eigenvalue weighted by molar-refractivity contribution is 0.202. The van der Waals surface area contributed by atoms with Gasteiger partial charge in [0.2, 0.25) is 0 Å². The Bertz CT molecular complexity index is 301. The fraction of sp³-hybridized carbons (Fsp3) is 0.400. The molecule has 0 radical (unpaired) electrons. The minimum atomic E-state index is -0.670. The SMILES string of the molecule is COc1ccc([C@H](O)CCl)cc1OC. The van der Waals surface area contributed by atoms with E-state index in [4.69, 9.17) is 21.1 Å². The number of alkyl halides is 1. The first-order valence-electron chi connectivity index (χ1n) is 4.19. The van der Waals surface area contributed by atoms with E-state index in [1.807, 2.05) is 0 Å². The molecule has 14 heavy (non-hydrogen) atoms. The van der Waals surface area contributed by atoms with E-state index in [1.54, 1.807) is 32.4 Å². The number of benzene rings is 1. The van der Waals surface area contributed by atoms with Gasteiger partial charge in [-0.3, -0.25) is 0 Å². The van der Waals surface area contributed by atoms with Gasteiger partial charge in [-0.15, -0.1) is 11.6 Å². The molecule has 0 saturated heterocycles. The average Bonchev–Trinajstić information content (AvgIpc) is 2.26. The van der Waals surface area contributed by atoms with E-state index in [1.165, 1.54) is 0 Å². The molecule has 1 N–H and O–H groups in total. The molecule has 0 unspecified atom stereocenters. The highest BCUT2D eigenvalue weighted by Crippen LogP contribution is 2.30. The number of aliphatic hydroxyl groups is 1. The summed E-state index contributed by atoms with van der Waals surface area (Å²) in [4.78, 5) is 0. The fourth-order valence-corrected chi connectivity index (χ4v) is 1.33. The van der Waals surface area contributed by atoms with Gasteiger partial charge in [0.25, 0.3) is 0 Å². The third-order valence-corrected chi connectivity index (χ3v) is 2.23. The van der Waals surface area contributed by atoms with Crippen molar-refractivity contribution in [1.82, 2.24) is 0 Å². The molecule has 1 atom stereocenters. The molecule has 0 fully saturated rings. The van der Waals surface area contributed by atoms with E-state index >= 15 is 0 Å². The van der Waals surface area contributed by atoms with Gasteiger partial charge in [0.05, 0.1) is 26.2 Å². The number of aliphatic hydroxyl groups excluding tert-OH is 1. The zero-order chi connectivity index (χ0) is 10.6. The monoisotopic (exact) mass is 216 g/mol. The molecule has 0 bridgehead atoms. The third kappa shape index (κ3) is 2.30. The van der Waals surface area contributed by atoms with Crippen LogP contribution >= 0.6 is 11.6 Å². The largest absolute Gasteiger partial charge is 0.493 e. The molecule has 0 amide bonds. The minimum Gasteiger partial charge on any atom is -0.493 e. The van der Waals surface area contributed by atoms with Gasteiger partial charge in [-0.25, -0.2) is 0 Å². The zero-order valence-electron chi connectivity index (χ0n) is 8.16. The van der Waals surface area contributed by atoms with E-state index in [0.717, 1.165) is 5.56 Å². The van der Waals surface area contributed by atoms with Crippen molar-refractivity contribution in [2.75, 3.05) is 20.1 Å². The molecule has 1 aromatic rings. The van der Waals surface area contributed by atoms with Crippen LogP contribution in [0.5, 0.6) is 11.5 Å². The van der Waals surface area contributed by atoms with Gasteiger partial charge in [-0.05, 0) is 17.7 Å². The summed E-state index contributed by atoms with van der Waals surface area (Å²) in [6.45, 7) is 0. The van der Waals surface area contributed by atoms with E-state index in [2.05, 4.69) is 0 Å². The number of hydrogen-bond donors (Lipinski definition) is 1. The predicted octanol–water partition coefficient (Wildman–Crippen LogP) is 1.98. The van der Waals surface area contributed by atoms with Crippen LogP contribution < -0.4 is 9.47 Å². The summed E-state index contributed by atoms with van der Waals surface area (Å²) in [5.74, 6) is 1.39. The summed E-state index contributed by atoms with van der Waals surface area (Å²) >= 11 is 5.53. The number of ether oxygens (including phenoxy) is 2. The van der Waals surface area contributed by atoms with Crippen molar-refractivity contribution in [2.45, 2.75) is 6.10 Å². The molecule has 0 aliphatic carbocycles. The van der Waals surface area contributed by atoms with Crippen molar-refractivity contribution in [3.05, 3.63) is 23.8 Å². The lowest BCUT2D eigenvalue weighted by Crippen LogP contribution is -2.00. The molecule has 0 saturated carbocycles. The van der Waals surface area contributed by atoms with E-state index in [9.17, 15) is 5.11 Å². The molecule has 0 aliphatic heterocycles. The number of methoxy groups -OCH3 is 2. The Morgan fingerprint density at radius 3 is 2.43 bits per heavy atom. The predicted molar refractivity (Wildman–Crippen MR) is 55.2 cm³/mol. The van der Waals surface area contributed by atoms with Gasteiger partial charge in [0, 0.05) is 0 Å². The summed E-state index contributed by atoms with van der Waals surface area (Å²) in [6.07, 6.45) is -0.670. The standard InChI is InChI=1S/C10H13ClO3/c1-13-9-4-3-7(8(12)6-11)5-10(9)14-2/h3-5,8,12H,6H2,1-2H3/t8-/m1/s1. The lowest BCUT2D eigenvalue weighted by Gasteiger charge is -2.11. The minimum absolute atomic E-state index is 0.162. The second-order valence-corrected chi connectivity index (χ2v) is 3.09. The first-order valence-corrected chi connectivity index (χ1v) is 4.72. The Kier molecular flexibility index (Phi) is 4.04. The summed E-state index contributed by atoms with van der Waals surface area (Å²) in [5, 5.41) is 9.48. The Morgan fingerprint density at radius 1 is 1.29 bits per heavy atom. The first-order chi connectivity index (χ1) is 6.72. The number of halogens is 1. The van der Waals surface area contributed by atoms with Crippen molar-refractivity contribution in [2.24, 2.45) is 0 Å². The normalized spacial score (nSPS) is 12.3. The Balaban J connectivity index is 3.01. The molecule has 0 heterocycles. The molecule has 1 aromatic carbocycles. The van der Waals surface area contributed by atoms with Gasteiger partial charge in [0.15, 0.2) is 11.5 Å². The molecular formula is C10H13ClO3. The average molecular weight is 217 g/mol. The van der Waals surface area contributed by atoms with Gasteiger partial charge in [-0.2, -0.15) is 0 Å². The van der Waals surface area contributed by atoms with Crippen LogP contribution in [0.1, 0.15) is 11.7 Å². The zero-order valence-corrected chi connectivity index (χ0v) is 8.91. The maximum atomic E-state index is 9.48. The van der Waals surface area contributed by atoms with Crippen LogP contribution in [0.4, 0.5) is 0 Å². The van der Waals surface area contributed by atoms with Crippen molar-refractivity contribution >= 4 is 11.6 Å². The highest BCUT2D eigenvalue weighted by Gasteiger charge is 2.10. The van der Waals surface area contributed by atoms with Crippen molar-refractivity contribution in [3.8, 4) is 11.5 Å². The lowest BCUT2D eigenvalue weighted by atomic mass is 10.1. The first kappa shape index (κ1) is 11.1. The van der Waals surface area contributed by atoms with Crippen LogP contribution in [0.2, 0.25) is 0 Å². The van der Waals surface area contributed by atoms with E-state index in [0.29, 0.717) is 11.5 Å². The molecule has 0 aliphatic rings. The Hall–Kier alpha value is -0.930. The van der Waals surface area contributed by atoms with E-state index in [-0.39, 0.29) is 5.88 Å². The van der Waals surface area contributed by atoms with Gasteiger partial charge < -0.3 is 14.6 Å². The highest BCUT2D eigenvalue weighted by molar-refractivity contribution is 6.18. The smallest absolute Gasteiger partial charge is 0.161 e. The quantitative estimate of drug-likeness (QED) is 0.783. The topological polar surface area (TPSA) is 38.7 Å². The van der Waals surface area contributed by atoms with Crippen molar-refractivity contribution in [3.63, 3.8) is 0 Å². The third-order valence-electron chi connectivity index (χ3n) is 1.94. The molecule has 3 nitrogen and oxygen atoms in total. The summed E-state index contributed by atoms with van der Waals surface area (Å²) in [7, 11) is 3.12. The summed E-state index contributed by atoms with van der Waals surface area (Å²) in [6, 6.07) is 5.21. The van der Waals surface area contributed by atoms with Crippen LogP contribution in [0, 0.1) is 0 Å². The van der Waals surface area contributed by atoms with Crippen LogP contribution in [0.25, 0.3) is 0 Å². The fourth-order valence-electron chi connectivity index (χ4n) is 1.15. The van der Waals surface area contributed by atoms with Gasteiger partial charge in [-0.1, -0.05) is 6.07 Å². The Labute approximate surface area is 88.2 Å². The summed E-state index contributed by atoms with van der Waals surface area (Å²) < 4.78 is 10.2. The highest BCUT2D eigenvalue weighted by atomic mass is 35.5. The van der Waals surface area contributed by atoms with Crippen LogP contribution in [0.3, 0.4) is 0 Å². The molecule has 1 rings (SSSR count). The van der Waals surface area contributed by atoms with Crippen molar-refractivity contribution in [1.29, 1.82) is 0 Å². The van der Waals surface area contributed by atoms with Gasteiger partial charge >= 0.3 is 0 Å². The molecule has 0 spiro atoms. The van der Waals surface area contributed by atoms with Crippen LogP contribution in [-0.4, -0.2) is 25.2 Å². The number of rotatable bonds is 4. The van der Waals surface area contributed by atoms with E-state index < -0.39 is 6.10 Å². The molecule has 4 heteroatoms. The molecule has 0 aromatic heterocycles. The maximum Gasteiger partial charge on any atom is 0.161 e. The summed E-state index contributed by atoms with van der Waals surface area (Å²) in [5.41, 5.74) is 0.720. The van der Waals surface area contributed by atoms with Crippen LogP contribution in [-0.2, 0) is 0 Å². The van der Waals surface area contributed by atoms with Crippen LogP contribution in [0.15, 0.2) is 18.2 Å². The Morgan fingerprint density at radius 2 is 1.93 bits per heavy atom. The molecular weight excluding hydrogens is 204 g/mol. The second-order valence-electron chi connectivity index (χ2n) is 2.78. The second kappa shape index (κ2) is 5.08. The molecule has 78 valence electrons. The maximum absolute atomic E-state index is 9.48. The van der Waals surface area contributed by atoms with Gasteiger partial charge in [0.1, 0.15) is 0 Å². The van der Waals surface area contributed by atoms with Crippen molar-refractivity contribution < 1.29 is 14.6 Å². The number of hydrogen-bond acceptors (Lipinski definition) is 3.